The van der Waals surface area contributed by atoms with Crippen LogP contribution in [0, 0.1) is 6.92 Å². The molecule has 0 aromatic heterocycles. The van der Waals surface area contributed by atoms with Crippen LogP contribution in [0.5, 0.6) is 5.75 Å². The summed E-state index contributed by atoms with van der Waals surface area (Å²) in [6.07, 6.45) is 2.36. The van der Waals surface area contributed by atoms with Gasteiger partial charge in [-0.2, -0.15) is 0 Å². The van der Waals surface area contributed by atoms with Crippen LogP contribution in [0.15, 0.2) is 42.5 Å². The summed E-state index contributed by atoms with van der Waals surface area (Å²) in [4.78, 5) is 12.1. The van der Waals surface area contributed by atoms with Gasteiger partial charge in [0, 0.05) is 23.0 Å². The molecule has 3 rings (SSSR count). The molecule has 2 aromatic rings. The van der Waals surface area contributed by atoms with Crippen molar-refractivity contribution in [2.45, 2.75) is 25.9 Å². The average molecular weight is 375 g/mol. The van der Waals surface area contributed by atoms with Crippen molar-refractivity contribution in [3.05, 3.63) is 53.1 Å². The molecule has 0 spiro atoms. The Morgan fingerprint density at radius 1 is 1.27 bits per heavy atom. The van der Waals surface area contributed by atoms with E-state index in [1.54, 1.807) is 6.07 Å². The Kier molecular flexibility index (Phi) is 6.36. The van der Waals surface area contributed by atoms with Crippen molar-refractivity contribution in [2.24, 2.45) is 0 Å². The van der Waals surface area contributed by atoms with Gasteiger partial charge in [0.2, 0.25) is 5.91 Å². The predicted octanol–water partition coefficient (Wildman–Crippen LogP) is 4.26. The van der Waals surface area contributed by atoms with Crippen LogP contribution >= 0.6 is 11.6 Å². The van der Waals surface area contributed by atoms with Crippen molar-refractivity contribution in [1.82, 2.24) is 0 Å². The van der Waals surface area contributed by atoms with Crippen molar-refractivity contribution in [1.29, 1.82) is 0 Å². The van der Waals surface area contributed by atoms with Gasteiger partial charge in [-0.1, -0.05) is 17.7 Å². The van der Waals surface area contributed by atoms with Gasteiger partial charge < -0.3 is 20.1 Å². The topological polar surface area (TPSA) is 59.6 Å². The van der Waals surface area contributed by atoms with Crippen LogP contribution < -0.4 is 15.4 Å². The first-order valence-corrected chi connectivity index (χ1v) is 9.13. The Morgan fingerprint density at radius 3 is 2.81 bits per heavy atom. The number of hydrogen-bond donors (Lipinski definition) is 2. The summed E-state index contributed by atoms with van der Waals surface area (Å²) < 4.78 is 11.3. The van der Waals surface area contributed by atoms with Gasteiger partial charge in [0.05, 0.1) is 12.6 Å². The lowest BCUT2D eigenvalue weighted by Gasteiger charge is -2.13. The fraction of sp³-hybridized carbons (Fsp3) is 0.350. The van der Waals surface area contributed by atoms with E-state index in [0.29, 0.717) is 11.6 Å². The fourth-order valence-electron chi connectivity index (χ4n) is 2.75. The van der Waals surface area contributed by atoms with Crippen LogP contribution in [0.4, 0.5) is 11.4 Å². The number of carbonyl (C=O) groups excluding carboxylic acids is 1. The van der Waals surface area contributed by atoms with Gasteiger partial charge in [0.1, 0.15) is 12.4 Å². The summed E-state index contributed by atoms with van der Waals surface area (Å²) in [6, 6.07) is 13.0. The van der Waals surface area contributed by atoms with Crippen molar-refractivity contribution in [3.63, 3.8) is 0 Å². The third-order valence-electron chi connectivity index (χ3n) is 4.31. The molecule has 1 saturated heterocycles. The molecule has 1 aliphatic rings. The molecule has 6 heteroatoms. The zero-order valence-electron chi connectivity index (χ0n) is 14.8. The first kappa shape index (κ1) is 18.5. The van der Waals surface area contributed by atoms with Gasteiger partial charge >= 0.3 is 0 Å². The molecule has 138 valence electrons. The van der Waals surface area contributed by atoms with Gasteiger partial charge in [-0.15, -0.1) is 0 Å². The van der Waals surface area contributed by atoms with E-state index in [1.165, 1.54) is 0 Å². The molecule has 26 heavy (non-hydrogen) atoms. The highest BCUT2D eigenvalue weighted by Crippen LogP contribution is 2.23. The molecule has 5 nitrogen and oxygen atoms in total. The Hall–Kier alpha value is -2.24. The van der Waals surface area contributed by atoms with Crippen molar-refractivity contribution < 1.29 is 14.3 Å². The van der Waals surface area contributed by atoms with Crippen LogP contribution in [0.3, 0.4) is 0 Å². The predicted molar refractivity (Wildman–Crippen MR) is 104 cm³/mol. The highest BCUT2D eigenvalue weighted by Gasteiger charge is 2.15. The smallest absolute Gasteiger partial charge is 0.243 e. The number of benzene rings is 2. The van der Waals surface area contributed by atoms with E-state index in [4.69, 9.17) is 21.1 Å². The monoisotopic (exact) mass is 374 g/mol. The zero-order chi connectivity index (χ0) is 18.4. The molecule has 1 heterocycles. The normalized spacial score (nSPS) is 16.3. The number of amides is 1. The van der Waals surface area contributed by atoms with Crippen LogP contribution in [0.2, 0.25) is 5.02 Å². The lowest BCUT2D eigenvalue weighted by Crippen LogP contribution is -2.22. The number of nitrogens with one attached hydrogen (secondary N) is 2. The Bertz CT molecular complexity index is 743. The number of anilines is 2. The zero-order valence-corrected chi connectivity index (χ0v) is 15.5. The maximum atomic E-state index is 12.1. The molecule has 2 N–H and O–H groups in total. The summed E-state index contributed by atoms with van der Waals surface area (Å²) >= 11 is 6.07. The second-order valence-corrected chi connectivity index (χ2v) is 6.69. The van der Waals surface area contributed by atoms with E-state index in [0.717, 1.165) is 42.1 Å². The highest BCUT2D eigenvalue weighted by molar-refractivity contribution is 6.31. The van der Waals surface area contributed by atoms with E-state index in [9.17, 15) is 4.79 Å². The maximum Gasteiger partial charge on any atom is 0.243 e. The molecule has 1 amide bonds. The molecule has 0 aliphatic carbocycles. The van der Waals surface area contributed by atoms with E-state index in [2.05, 4.69) is 10.6 Å². The lowest BCUT2D eigenvalue weighted by atomic mass is 10.2. The minimum absolute atomic E-state index is 0.130. The second kappa shape index (κ2) is 8.92. The van der Waals surface area contributed by atoms with Crippen molar-refractivity contribution in [3.8, 4) is 5.75 Å². The average Bonchev–Trinajstić information content (AvgIpc) is 3.16. The van der Waals surface area contributed by atoms with E-state index in [1.807, 2.05) is 43.3 Å². The molecule has 1 unspecified atom stereocenters. The molecular weight excluding hydrogens is 352 g/mol. The first-order valence-electron chi connectivity index (χ1n) is 8.75. The molecule has 0 saturated carbocycles. The standard InChI is InChI=1S/C20H23ClN2O3/c1-14-18(21)5-2-6-19(14)23-20(24)12-22-15-7-9-16(10-8-15)26-13-17-4-3-11-25-17/h2,5-10,17,22H,3-4,11-13H2,1H3,(H,23,24). The largest absolute Gasteiger partial charge is 0.491 e. The fourth-order valence-corrected chi connectivity index (χ4v) is 2.93. The van der Waals surface area contributed by atoms with Crippen LogP contribution in [0.1, 0.15) is 18.4 Å². The number of carbonyl (C=O) groups is 1. The van der Waals surface area contributed by atoms with Crippen LogP contribution in [0.25, 0.3) is 0 Å². The summed E-state index contributed by atoms with van der Waals surface area (Å²) in [5, 5.41) is 6.59. The van der Waals surface area contributed by atoms with Crippen LogP contribution in [-0.4, -0.2) is 31.8 Å². The van der Waals surface area contributed by atoms with Gasteiger partial charge in [0.25, 0.3) is 0 Å². The summed E-state index contributed by atoms with van der Waals surface area (Å²) in [5.41, 5.74) is 2.44. The lowest BCUT2D eigenvalue weighted by molar-refractivity contribution is -0.114. The van der Waals surface area contributed by atoms with Crippen molar-refractivity contribution in [2.75, 3.05) is 30.4 Å². The Balaban J connectivity index is 1.45. The van der Waals surface area contributed by atoms with E-state index in [-0.39, 0.29) is 18.6 Å². The molecule has 1 atom stereocenters. The molecule has 2 aromatic carbocycles. The maximum absolute atomic E-state index is 12.1. The van der Waals surface area contributed by atoms with Crippen molar-refractivity contribution >= 4 is 28.9 Å². The summed E-state index contributed by atoms with van der Waals surface area (Å²) in [6.45, 7) is 3.45. The second-order valence-electron chi connectivity index (χ2n) is 6.28. The van der Waals surface area contributed by atoms with Gasteiger partial charge in [-0.3, -0.25) is 4.79 Å². The molecule has 1 fully saturated rings. The Morgan fingerprint density at radius 2 is 2.08 bits per heavy atom. The summed E-state index contributed by atoms with van der Waals surface area (Å²) in [5.74, 6) is 0.666. The van der Waals surface area contributed by atoms with E-state index >= 15 is 0 Å². The first-order chi connectivity index (χ1) is 12.6. The van der Waals surface area contributed by atoms with Gasteiger partial charge in [-0.05, 0) is 61.7 Å². The van der Waals surface area contributed by atoms with Gasteiger partial charge in [-0.25, -0.2) is 0 Å². The minimum Gasteiger partial charge on any atom is -0.491 e. The third-order valence-corrected chi connectivity index (χ3v) is 4.72. The van der Waals surface area contributed by atoms with Crippen LogP contribution in [-0.2, 0) is 9.53 Å². The SMILES string of the molecule is Cc1c(Cl)cccc1NC(=O)CNc1ccc(OCC2CCCO2)cc1. The minimum atomic E-state index is -0.130. The third kappa shape index (κ3) is 5.13. The number of hydrogen-bond acceptors (Lipinski definition) is 4. The number of rotatable bonds is 7. The molecular formula is C20H23ClN2O3. The molecule has 1 aliphatic heterocycles. The number of halogens is 1. The van der Waals surface area contributed by atoms with Gasteiger partial charge in [0.15, 0.2) is 0 Å². The highest BCUT2D eigenvalue weighted by atomic mass is 35.5. The number of ether oxygens (including phenoxy) is 2. The summed E-state index contributed by atoms with van der Waals surface area (Å²) in [7, 11) is 0. The molecule has 0 bridgehead atoms. The van der Waals surface area contributed by atoms with E-state index < -0.39 is 0 Å². The molecule has 0 radical (unpaired) electrons. The Labute approximate surface area is 158 Å². The quantitative estimate of drug-likeness (QED) is 0.760.